The van der Waals surface area contributed by atoms with Gasteiger partial charge in [0.1, 0.15) is 5.56 Å². The van der Waals surface area contributed by atoms with Gasteiger partial charge in [-0.25, -0.2) is 4.79 Å². The van der Waals surface area contributed by atoms with Gasteiger partial charge in [0.05, 0.1) is 11.9 Å². The molecule has 0 bridgehead atoms. The van der Waals surface area contributed by atoms with E-state index in [1.54, 1.807) is 11.7 Å². The standard InChI is InChI=1S/C13H19N3O2/c1-16-12(11(8-15-16)13(17)18)9-14-7-10-5-3-2-4-6-10/h2-3,8,10,14H,4-7,9H2,1H3,(H,17,18). The quantitative estimate of drug-likeness (QED) is 0.777. The van der Waals surface area contributed by atoms with Crippen molar-refractivity contribution in [3.8, 4) is 0 Å². The first kappa shape index (κ1) is 12.8. The van der Waals surface area contributed by atoms with Crippen LogP contribution < -0.4 is 5.32 Å². The third-order valence-electron chi connectivity index (χ3n) is 3.40. The van der Waals surface area contributed by atoms with Gasteiger partial charge in [-0.15, -0.1) is 0 Å². The second-order valence-corrected chi connectivity index (χ2v) is 4.72. The number of aryl methyl sites for hydroxylation is 1. The lowest BCUT2D eigenvalue weighted by Gasteiger charge is -2.18. The van der Waals surface area contributed by atoms with Crippen LogP contribution in [0.25, 0.3) is 0 Å². The summed E-state index contributed by atoms with van der Waals surface area (Å²) >= 11 is 0. The molecular weight excluding hydrogens is 230 g/mol. The first-order valence-corrected chi connectivity index (χ1v) is 6.28. The summed E-state index contributed by atoms with van der Waals surface area (Å²) < 4.78 is 1.62. The van der Waals surface area contributed by atoms with Gasteiger partial charge in [0.25, 0.3) is 0 Å². The van der Waals surface area contributed by atoms with E-state index in [1.807, 2.05) is 0 Å². The Hall–Kier alpha value is -1.62. The van der Waals surface area contributed by atoms with Crippen LogP contribution in [0.1, 0.15) is 35.3 Å². The first-order chi connectivity index (χ1) is 8.68. The van der Waals surface area contributed by atoms with E-state index in [1.165, 1.54) is 12.6 Å². The molecule has 1 aliphatic carbocycles. The summed E-state index contributed by atoms with van der Waals surface area (Å²) in [5.41, 5.74) is 1.02. The Balaban J connectivity index is 1.88. The summed E-state index contributed by atoms with van der Waals surface area (Å²) in [7, 11) is 1.77. The number of carbonyl (C=O) groups is 1. The van der Waals surface area contributed by atoms with Gasteiger partial charge in [0, 0.05) is 13.6 Å². The predicted molar refractivity (Wildman–Crippen MR) is 68.4 cm³/mol. The Morgan fingerprint density at radius 3 is 3.11 bits per heavy atom. The van der Waals surface area contributed by atoms with E-state index in [0.29, 0.717) is 12.5 Å². The molecule has 2 rings (SSSR count). The van der Waals surface area contributed by atoms with Crippen molar-refractivity contribution < 1.29 is 9.90 Å². The van der Waals surface area contributed by atoms with Crippen LogP contribution in [0.4, 0.5) is 0 Å². The van der Waals surface area contributed by atoms with Crippen molar-refractivity contribution in [2.24, 2.45) is 13.0 Å². The van der Waals surface area contributed by atoms with Gasteiger partial charge in [0.15, 0.2) is 0 Å². The molecule has 0 aromatic carbocycles. The summed E-state index contributed by atoms with van der Waals surface area (Å²) in [6, 6.07) is 0. The average molecular weight is 249 g/mol. The Morgan fingerprint density at radius 2 is 2.44 bits per heavy atom. The van der Waals surface area contributed by atoms with Crippen LogP contribution in [0.15, 0.2) is 18.3 Å². The maximum Gasteiger partial charge on any atom is 0.339 e. The Labute approximate surface area is 106 Å². The maximum atomic E-state index is 11.0. The van der Waals surface area contributed by atoms with Gasteiger partial charge in [-0.3, -0.25) is 4.68 Å². The third-order valence-corrected chi connectivity index (χ3v) is 3.40. The summed E-state index contributed by atoms with van der Waals surface area (Å²) in [4.78, 5) is 11.0. The highest BCUT2D eigenvalue weighted by atomic mass is 16.4. The number of rotatable bonds is 5. The zero-order valence-electron chi connectivity index (χ0n) is 10.6. The monoisotopic (exact) mass is 249 g/mol. The van der Waals surface area contributed by atoms with Crippen molar-refractivity contribution in [1.29, 1.82) is 0 Å². The molecule has 1 aliphatic rings. The van der Waals surface area contributed by atoms with E-state index >= 15 is 0 Å². The Morgan fingerprint density at radius 1 is 1.61 bits per heavy atom. The number of carboxylic acids is 1. The number of hydrogen-bond donors (Lipinski definition) is 2. The van der Waals surface area contributed by atoms with Gasteiger partial charge in [-0.2, -0.15) is 5.10 Å². The summed E-state index contributed by atoms with van der Waals surface area (Å²) in [5, 5.41) is 16.4. The van der Waals surface area contributed by atoms with E-state index in [0.717, 1.165) is 25.1 Å². The predicted octanol–water partition coefficient (Wildman–Crippen LogP) is 1.56. The largest absolute Gasteiger partial charge is 0.478 e. The number of allylic oxidation sites excluding steroid dienone is 2. The number of nitrogens with zero attached hydrogens (tertiary/aromatic N) is 2. The van der Waals surface area contributed by atoms with Crippen molar-refractivity contribution in [3.05, 3.63) is 29.6 Å². The van der Waals surface area contributed by atoms with Gasteiger partial charge in [-0.05, 0) is 31.7 Å². The number of nitrogens with one attached hydrogen (secondary N) is 1. The second-order valence-electron chi connectivity index (χ2n) is 4.72. The van der Waals surface area contributed by atoms with Crippen molar-refractivity contribution in [2.45, 2.75) is 25.8 Å². The first-order valence-electron chi connectivity index (χ1n) is 6.28. The van der Waals surface area contributed by atoms with Crippen molar-refractivity contribution >= 4 is 5.97 Å². The lowest BCUT2D eigenvalue weighted by atomic mass is 9.94. The highest BCUT2D eigenvalue weighted by molar-refractivity contribution is 5.88. The molecule has 1 heterocycles. The molecule has 5 nitrogen and oxygen atoms in total. The minimum Gasteiger partial charge on any atom is -0.478 e. The smallest absolute Gasteiger partial charge is 0.339 e. The van der Waals surface area contributed by atoms with E-state index in [9.17, 15) is 4.79 Å². The van der Waals surface area contributed by atoms with Crippen LogP contribution in [0.5, 0.6) is 0 Å². The molecule has 1 atom stereocenters. The molecule has 5 heteroatoms. The van der Waals surface area contributed by atoms with Crippen LogP contribution in [0, 0.1) is 5.92 Å². The molecule has 1 unspecified atom stereocenters. The molecule has 0 radical (unpaired) electrons. The number of hydrogen-bond acceptors (Lipinski definition) is 3. The lowest BCUT2D eigenvalue weighted by molar-refractivity contribution is 0.0695. The van der Waals surface area contributed by atoms with Crippen LogP contribution in [-0.2, 0) is 13.6 Å². The van der Waals surface area contributed by atoms with E-state index in [2.05, 4.69) is 22.6 Å². The number of carboxylic acid groups (broad SMARTS) is 1. The molecule has 2 N–H and O–H groups in total. The molecule has 0 saturated carbocycles. The molecule has 0 saturated heterocycles. The molecule has 98 valence electrons. The Bertz CT molecular complexity index is 451. The highest BCUT2D eigenvalue weighted by Gasteiger charge is 2.15. The molecule has 0 aliphatic heterocycles. The van der Waals surface area contributed by atoms with Crippen LogP contribution >= 0.6 is 0 Å². The molecule has 1 aromatic heterocycles. The minimum atomic E-state index is -0.916. The normalized spacial score (nSPS) is 19.1. The average Bonchev–Trinajstić information content (AvgIpc) is 2.73. The van der Waals surface area contributed by atoms with Crippen LogP contribution in [0.3, 0.4) is 0 Å². The maximum absolute atomic E-state index is 11.0. The molecule has 0 spiro atoms. The topological polar surface area (TPSA) is 67.2 Å². The van der Waals surface area contributed by atoms with Crippen molar-refractivity contribution in [1.82, 2.24) is 15.1 Å². The summed E-state index contributed by atoms with van der Waals surface area (Å²) in [5.74, 6) is -0.253. The third kappa shape index (κ3) is 2.98. The summed E-state index contributed by atoms with van der Waals surface area (Å²) in [6.45, 7) is 1.48. The molecule has 0 fully saturated rings. The van der Waals surface area contributed by atoms with Gasteiger partial charge in [-0.1, -0.05) is 12.2 Å². The van der Waals surface area contributed by atoms with E-state index < -0.39 is 5.97 Å². The molecular formula is C13H19N3O2. The lowest BCUT2D eigenvalue weighted by Crippen LogP contribution is -2.25. The fourth-order valence-electron chi connectivity index (χ4n) is 2.29. The van der Waals surface area contributed by atoms with Crippen LogP contribution in [-0.4, -0.2) is 27.4 Å². The SMILES string of the molecule is Cn1ncc(C(=O)O)c1CNCC1CC=CCC1. The number of aromatic nitrogens is 2. The zero-order chi connectivity index (χ0) is 13.0. The highest BCUT2D eigenvalue weighted by Crippen LogP contribution is 2.17. The van der Waals surface area contributed by atoms with Gasteiger partial charge >= 0.3 is 5.97 Å². The fourth-order valence-corrected chi connectivity index (χ4v) is 2.29. The fraction of sp³-hybridized carbons (Fsp3) is 0.538. The summed E-state index contributed by atoms with van der Waals surface area (Å²) in [6.07, 6.45) is 9.33. The zero-order valence-corrected chi connectivity index (χ0v) is 10.6. The molecule has 18 heavy (non-hydrogen) atoms. The van der Waals surface area contributed by atoms with Crippen LogP contribution in [0.2, 0.25) is 0 Å². The van der Waals surface area contributed by atoms with E-state index in [4.69, 9.17) is 5.11 Å². The van der Waals surface area contributed by atoms with Gasteiger partial charge in [0.2, 0.25) is 0 Å². The molecule has 0 amide bonds. The Kier molecular flexibility index (Phi) is 4.15. The minimum absolute atomic E-state index is 0.286. The van der Waals surface area contributed by atoms with Gasteiger partial charge < -0.3 is 10.4 Å². The van der Waals surface area contributed by atoms with Crippen molar-refractivity contribution in [2.75, 3.05) is 6.54 Å². The molecule has 1 aromatic rings. The van der Waals surface area contributed by atoms with Crippen molar-refractivity contribution in [3.63, 3.8) is 0 Å². The van der Waals surface area contributed by atoms with E-state index in [-0.39, 0.29) is 5.56 Å². The second kappa shape index (κ2) is 5.82. The number of aromatic carboxylic acids is 1.